The van der Waals surface area contributed by atoms with E-state index >= 15 is 0 Å². The molecule has 23 heavy (non-hydrogen) atoms. The molecule has 6 heteroatoms. The van der Waals surface area contributed by atoms with Crippen molar-refractivity contribution in [3.05, 3.63) is 58.7 Å². The predicted octanol–water partition coefficient (Wildman–Crippen LogP) is 4.08. The molecule has 0 amide bonds. The minimum atomic E-state index is -0.880. The molecule has 0 aliphatic heterocycles. The van der Waals surface area contributed by atoms with Crippen LogP contribution in [0.4, 0.5) is 0 Å². The first-order valence-electron chi connectivity index (χ1n) is 7.10. The molecule has 0 atom stereocenters. The van der Waals surface area contributed by atoms with Crippen molar-refractivity contribution in [2.75, 3.05) is 0 Å². The molecule has 0 saturated heterocycles. The number of aryl methyl sites for hydroxylation is 1. The van der Waals surface area contributed by atoms with E-state index in [9.17, 15) is 4.79 Å². The van der Waals surface area contributed by atoms with E-state index in [1.54, 1.807) is 12.1 Å². The van der Waals surface area contributed by atoms with Crippen LogP contribution >= 0.6 is 11.6 Å². The summed E-state index contributed by atoms with van der Waals surface area (Å²) in [7, 11) is 0. The fourth-order valence-corrected chi connectivity index (χ4v) is 2.46. The van der Waals surface area contributed by atoms with Crippen LogP contribution in [0.15, 0.2) is 47.0 Å². The van der Waals surface area contributed by atoms with Gasteiger partial charge in [-0.15, -0.1) is 0 Å². The molecule has 0 radical (unpaired) electrons. The minimum Gasteiger partial charge on any atom is -0.487 e. The van der Waals surface area contributed by atoms with E-state index in [-0.39, 0.29) is 6.42 Å². The number of hydrogen-bond acceptors (Lipinski definition) is 4. The van der Waals surface area contributed by atoms with Gasteiger partial charge in [-0.3, -0.25) is 4.79 Å². The van der Waals surface area contributed by atoms with Crippen molar-refractivity contribution in [2.24, 2.45) is 0 Å². The van der Waals surface area contributed by atoms with Crippen molar-refractivity contribution in [1.82, 2.24) is 5.16 Å². The Morgan fingerprint density at radius 3 is 2.78 bits per heavy atom. The van der Waals surface area contributed by atoms with E-state index in [1.165, 1.54) is 0 Å². The zero-order valence-electron chi connectivity index (χ0n) is 12.2. The van der Waals surface area contributed by atoms with Crippen LogP contribution in [0.1, 0.15) is 17.7 Å². The standard InChI is InChI=1S/C17H14ClNO4/c18-13-8-12-14(6-7-17(20)21)19-23-15(12)9-16(13)22-10-11-4-2-1-3-5-11/h1-5,8-9H,6-7,10H2,(H,20,21). The second-order valence-corrected chi connectivity index (χ2v) is 5.48. The van der Waals surface area contributed by atoms with Gasteiger partial charge in [0, 0.05) is 17.9 Å². The molecule has 3 aromatic rings. The number of carbonyl (C=O) groups is 1. The summed E-state index contributed by atoms with van der Waals surface area (Å²) in [6.07, 6.45) is 0.286. The molecule has 1 heterocycles. The Bertz CT molecular complexity index is 829. The fourth-order valence-electron chi connectivity index (χ4n) is 2.24. The second kappa shape index (κ2) is 6.71. The Kier molecular flexibility index (Phi) is 4.48. The third kappa shape index (κ3) is 3.63. The van der Waals surface area contributed by atoms with Gasteiger partial charge in [0.25, 0.3) is 0 Å². The van der Waals surface area contributed by atoms with E-state index in [4.69, 9.17) is 26.0 Å². The van der Waals surface area contributed by atoms with Crippen molar-refractivity contribution < 1.29 is 19.2 Å². The Morgan fingerprint density at radius 1 is 1.26 bits per heavy atom. The number of ether oxygens (including phenoxy) is 1. The van der Waals surface area contributed by atoms with Gasteiger partial charge in [-0.05, 0) is 11.6 Å². The zero-order valence-corrected chi connectivity index (χ0v) is 12.9. The van der Waals surface area contributed by atoms with E-state index in [0.29, 0.717) is 40.5 Å². The summed E-state index contributed by atoms with van der Waals surface area (Å²) in [6, 6.07) is 13.1. The molecule has 0 bridgehead atoms. The lowest BCUT2D eigenvalue weighted by molar-refractivity contribution is -0.136. The van der Waals surface area contributed by atoms with E-state index < -0.39 is 5.97 Å². The molecule has 0 unspecified atom stereocenters. The van der Waals surface area contributed by atoms with Crippen LogP contribution in [0.2, 0.25) is 5.02 Å². The van der Waals surface area contributed by atoms with Gasteiger partial charge in [0.2, 0.25) is 0 Å². The van der Waals surface area contributed by atoms with Crippen molar-refractivity contribution in [3.8, 4) is 5.75 Å². The van der Waals surface area contributed by atoms with Crippen molar-refractivity contribution in [3.63, 3.8) is 0 Å². The summed E-state index contributed by atoms with van der Waals surface area (Å²) in [5, 5.41) is 13.8. The summed E-state index contributed by atoms with van der Waals surface area (Å²) >= 11 is 6.25. The van der Waals surface area contributed by atoms with Crippen LogP contribution in [0.3, 0.4) is 0 Å². The van der Waals surface area contributed by atoms with Crippen molar-refractivity contribution in [1.29, 1.82) is 0 Å². The number of aliphatic carboxylic acids is 1. The fraction of sp³-hybridized carbons (Fsp3) is 0.176. The normalized spacial score (nSPS) is 10.8. The molecule has 1 N–H and O–H groups in total. The molecule has 0 spiro atoms. The maximum atomic E-state index is 10.7. The third-order valence-electron chi connectivity index (χ3n) is 3.41. The van der Waals surface area contributed by atoms with Gasteiger partial charge in [0.15, 0.2) is 5.58 Å². The zero-order chi connectivity index (χ0) is 16.2. The first kappa shape index (κ1) is 15.4. The monoisotopic (exact) mass is 331 g/mol. The summed E-state index contributed by atoms with van der Waals surface area (Å²) in [5.74, 6) is -0.376. The Balaban J connectivity index is 1.80. The van der Waals surface area contributed by atoms with Gasteiger partial charge in [-0.2, -0.15) is 0 Å². The number of hydrogen-bond donors (Lipinski definition) is 1. The highest BCUT2D eigenvalue weighted by Crippen LogP contribution is 2.32. The lowest BCUT2D eigenvalue weighted by atomic mass is 10.1. The highest BCUT2D eigenvalue weighted by atomic mass is 35.5. The predicted molar refractivity (Wildman–Crippen MR) is 85.7 cm³/mol. The van der Waals surface area contributed by atoms with Crippen molar-refractivity contribution in [2.45, 2.75) is 19.4 Å². The number of fused-ring (bicyclic) bond motifs is 1. The molecular weight excluding hydrogens is 318 g/mol. The molecule has 5 nitrogen and oxygen atoms in total. The Hall–Kier alpha value is -2.53. The number of halogens is 1. The first-order valence-corrected chi connectivity index (χ1v) is 7.47. The Morgan fingerprint density at radius 2 is 2.04 bits per heavy atom. The van der Waals surface area contributed by atoms with Crippen LogP contribution in [-0.4, -0.2) is 16.2 Å². The number of aromatic nitrogens is 1. The van der Waals surface area contributed by atoms with Gasteiger partial charge < -0.3 is 14.4 Å². The molecule has 1 aromatic heterocycles. The SMILES string of the molecule is O=C(O)CCc1noc2cc(OCc3ccccc3)c(Cl)cc12. The Labute approximate surface area is 137 Å². The van der Waals surface area contributed by atoms with Crippen LogP contribution in [0.25, 0.3) is 11.0 Å². The second-order valence-electron chi connectivity index (χ2n) is 5.08. The third-order valence-corrected chi connectivity index (χ3v) is 3.71. The van der Waals surface area contributed by atoms with E-state index in [2.05, 4.69) is 5.16 Å². The lowest BCUT2D eigenvalue weighted by Gasteiger charge is -2.08. The average Bonchev–Trinajstić information content (AvgIpc) is 2.93. The topological polar surface area (TPSA) is 72.6 Å². The largest absolute Gasteiger partial charge is 0.487 e. The summed E-state index contributed by atoms with van der Waals surface area (Å²) < 4.78 is 11.0. The van der Waals surface area contributed by atoms with Crippen molar-refractivity contribution >= 4 is 28.5 Å². The first-order chi connectivity index (χ1) is 11.1. The number of carboxylic acids is 1. The number of rotatable bonds is 6. The highest BCUT2D eigenvalue weighted by Gasteiger charge is 2.14. The summed E-state index contributed by atoms with van der Waals surface area (Å²) in [4.78, 5) is 10.7. The maximum absolute atomic E-state index is 10.7. The van der Waals surface area contributed by atoms with Crippen LogP contribution in [0, 0.1) is 0 Å². The molecule has 118 valence electrons. The smallest absolute Gasteiger partial charge is 0.303 e. The lowest BCUT2D eigenvalue weighted by Crippen LogP contribution is -1.98. The van der Waals surface area contributed by atoms with Crippen LogP contribution in [-0.2, 0) is 17.8 Å². The quantitative estimate of drug-likeness (QED) is 0.737. The number of benzene rings is 2. The molecular formula is C17H14ClNO4. The molecule has 0 saturated carbocycles. The number of carboxylic acid groups (broad SMARTS) is 1. The average molecular weight is 332 g/mol. The molecule has 0 aliphatic rings. The van der Waals surface area contributed by atoms with Gasteiger partial charge in [-0.25, -0.2) is 0 Å². The van der Waals surface area contributed by atoms with Gasteiger partial charge in [0.1, 0.15) is 12.4 Å². The molecule has 2 aromatic carbocycles. The minimum absolute atomic E-state index is 0.00842. The molecule has 0 aliphatic carbocycles. The maximum Gasteiger partial charge on any atom is 0.303 e. The molecule has 0 fully saturated rings. The van der Waals surface area contributed by atoms with Gasteiger partial charge in [-0.1, -0.05) is 47.1 Å². The molecule has 3 rings (SSSR count). The van der Waals surface area contributed by atoms with Crippen LogP contribution < -0.4 is 4.74 Å². The van der Waals surface area contributed by atoms with E-state index in [0.717, 1.165) is 5.56 Å². The van der Waals surface area contributed by atoms with Gasteiger partial charge in [0.05, 0.1) is 17.1 Å². The van der Waals surface area contributed by atoms with Gasteiger partial charge >= 0.3 is 5.97 Å². The summed E-state index contributed by atoms with van der Waals surface area (Å²) in [5.41, 5.74) is 2.14. The van der Waals surface area contributed by atoms with E-state index in [1.807, 2.05) is 30.3 Å². The number of nitrogens with zero attached hydrogens (tertiary/aromatic N) is 1. The highest BCUT2D eigenvalue weighted by molar-refractivity contribution is 6.32. The summed E-state index contributed by atoms with van der Waals surface area (Å²) in [6.45, 7) is 0.395. The van der Waals surface area contributed by atoms with Crippen LogP contribution in [0.5, 0.6) is 5.75 Å².